The minimum atomic E-state index is 0.0834. The maximum Gasteiger partial charge on any atom is 0.0704 e. The molecule has 23 heavy (non-hydrogen) atoms. The first-order chi connectivity index (χ1) is 11.0. The Morgan fingerprint density at radius 2 is 1.87 bits per heavy atom. The Bertz CT molecular complexity index is 567. The number of benzene rings is 1. The molecule has 0 bridgehead atoms. The van der Waals surface area contributed by atoms with Crippen molar-refractivity contribution in [3.63, 3.8) is 0 Å². The lowest BCUT2D eigenvalue weighted by Crippen LogP contribution is -2.54. The van der Waals surface area contributed by atoms with E-state index in [-0.39, 0.29) is 11.1 Å². The van der Waals surface area contributed by atoms with E-state index in [4.69, 9.17) is 4.74 Å². The molecule has 2 saturated carbocycles. The molecule has 0 aromatic heterocycles. The SMILES string of the molecule is CC(C)(C)N1CCCC1(COC1CC1)c1ccccc1C1CC1. The monoisotopic (exact) mass is 313 g/mol. The number of nitrogens with zero attached hydrogens (tertiary/aromatic N) is 1. The molecule has 0 amide bonds. The topological polar surface area (TPSA) is 12.5 Å². The summed E-state index contributed by atoms with van der Waals surface area (Å²) < 4.78 is 6.33. The van der Waals surface area contributed by atoms with Gasteiger partial charge in [0.1, 0.15) is 0 Å². The Balaban J connectivity index is 1.75. The number of likely N-dealkylation sites (tertiary alicyclic amines) is 1. The first-order valence-corrected chi connectivity index (χ1v) is 9.49. The first kappa shape index (κ1) is 15.7. The molecular weight excluding hydrogens is 282 g/mol. The molecule has 1 aliphatic heterocycles. The second-order valence-electron chi connectivity index (χ2n) is 8.83. The number of rotatable bonds is 5. The third kappa shape index (κ3) is 2.96. The zero-order chi connectivity index (χ0) is 16.1. The number of hydrogen-bond acceptors (Lipinski definition) is 2. The van der Waals surface area contributed by atoms with E-state index in [0.29, 0.717) is 6.10 Å². The molecule has 3 fully saturated rings. The van der Waals surface area contributed by atoms with Crippen LogP contribution in [0.3, 0.4) is 0 Å². The van der Waals surface area contributed by atoms with Crippen LogP contribution in [-0.2, 0) is 10.3 Å². The van der Waals surface area contributed by atoms with Gasteiger partial charge in [-0.2, -0.15) is 0 Å². The minimum absolute atomic E-state index is 0.0834. The third-order valence-corrected chi connectivity index (χ3v) is 5.86. The number of ether oxygens (including phenoxy) is 1. The molecule has 1 aromatic rings. The van der Waals surface area contributed by atoms with Gasteiger partial charge in [-0.25, -0.2) is 0 Å². The molecule has 0 N–H and O–H groups in total. The molecular formula is C21H31NO. The van der Waals surface area contributed by atoms with Crippen LogP contribution in [0.25, 0.3) is 0 Å². The van der Waals surface area contributed by atoms with E-state index in [0.717, 1.165) is 12.5 Å². The van der Waals surface area contributed by atoms with Gasteiger partial charge >= 0.3 is 0 Å². The fraction of sp³-hybridized carbons (Fsp3) is 0.714. The fourth-order valence-electron chi connectivity index (χ4n) is 4.53. The van der Waals surface area contributed by atoms with Crippen molar-refractivity contribution in [2.45, 2.75) is 82.4 Å². The Labute approximate surface area is 141 Å². The van der Waals surface area contributed by atoms with Gasteiger partial charge in [0, 0.05) is 5.54 Å². The molecule has 0 spiro atoms. The average Bonchev–Trinajstić information content (AvgIpc) is 3.43. The van der Waals surface area contributed by atoms with Crippen LogP contribution in [-0.4, -0.2) is 29.7 Å². The van der Waals surface area contributed by atoms with Crippen molar-refractivity contribution in [1.29, 1.82) is 0 Å². The summed E-state index contributed by atoms with van der Waals surface area (Å²) in [6, 6.07) is 9.24. The Morgan fingerprint density at radius 3 is 2.52 bits per heavy atom. The van der Waals surface area contributed by atoms with Crippen LogP contribution in [0.5, 0.6) is 0 Å². The second-order valence-corrected chi connectivity index (χ2v) is 8.83. The van der Waals surface area contributed by atoms with Gasteiger partial charge < -0.3 is 4.74 Å². The first-order valence-electron chi connectivity index (χ1n) is 9.49. The second kappa shape index (κ2) is 5.60. The molecule has 2 nitrogen and oxygen atoms in total. The molecule has 1 atom stereocenters. The van der Waals surface area contributed by atoms with E-state index < -0.39 is 0 Å². The summed E-state index contributed by atoms with van der Waals surface area (Å²) in [4.78, 5) is 2.74. The van der Waals surface area contributed by atoms with Crippen LogP contribution in [0, 0.1) is 0 Å². The van der Waals surface area contributed by atoms with Crippen molar-refractivity contribution < 1.29 is 4.74 Å². The van der Waals surface area contributed by atoms with Crippen LogP contribution in [0.4, 0.5) is 0 Å². The summed E-state index contributed by atoms with van der Waals surface area (Å²) in [5.41, 5.74) is 3.43. The Kier molecular flexibility index (Phi) is 3.81. The molecule has 2 aliphatic carbocycles. The van der Waals surface area contributed by atoms with Crippen LogP contribution in [0.2, 0.25) is 0 Å². The zero-order valence-electron chi connectivity index (χ0n) is 15.0. The van der Waals surface area contributed by atoms with Gasteiger partial charge in [-0.15, -0.1) is 0 Å². The molecule has 0 radical (unpaired) electrons. The van der Waals surface area contributed by atoms with Gasteiger partial charge in [0.25, 0.3) is 0 Å². The van der Waals surface area contributed by atoms with E-state index >= 15 is 0 Å². The summed E-state index contributed by atoms with van der Waals surface area (Å²) >= 11 is 0. The van der Waals surface area contributed by atoms with E-state index in [2.05, 4.69) is 49.9 Å². The van der Waals surface area contributed by atoms with E-state index in [9.17, 15) is 0 Å². The van der Waals surface area contributed by atoms with E-state index in [1.807, 2.05) is 0 Å². The van der Waals surface area contributed by atoms with Gasteiger partial charge in [-0.3, -0.25) is 4.90 Å². The minimum Gasteiger partial charge on any atom is -0.376 e. The van der Waals surface area contributed by atoms with Crippen molar-refractivity contribution in [1.82, 2.24) is 4.90 Å². The normalized spacial score (nSPS) is 29.2. The van der Waals surface area contributed by atoms with Crippen molar-refractivity contribution >= 4 is 0 Å². The highest BCUT2D eigenvalue weighted by Gasteiger charge is 2.49. The summed E-state index contributed by atoms with van der Waals surface area (Å²) in [6.07, 6.45) is 8.30. The predicted molar refractivity (Wildman–Crippen MR) is 94.8 cm³/mol. The summed E-state index contributed by atoms with van der Waals surface area (Å²) in [7, 11) is 0. The van der Waals surface area contributed by atoms with Gasteiger partial charge in [-0.1, -0.05) is 24.3 Å². The lowest BCUT2D eigenvalue weighted by Gasteiger charge is -2.47. The standard InChI is InChI=1S/C21H31NO/c1-20(2,3)22-14-6-13-21(22,15-23-17-11-12-17)19-8-5-4-7-18(19)16-9-10-16/h4-5,7-8,16-17H,6,9-15H2,1-3H3. The van der Waals surface area contributed by atoms with Crippen LogP contribution in [0.1, 0.15) is 76.3 Å². The lowest BCUT2D eigenvalue weighted by molar-refractivity contribution is -0.0364. The van der Waals surface area contributed by atoms with Crippen molar-refractivity contribution in [2.75, 3.05) is 13.2 Å². The Morgan fingerprint density at radius 1 is 1.13 bits per heavy atom. The van der Waals surface area contributed by atoms with Gasteiger partial charge in [0.2, 0.25) is 0 Å². The summed E-state index contributed by atoms with van der Waals surface area (Å²) in [6.45, 7) is 9.16. The number of hydrogen-bond donors (Lipinski definition) is 0. The molecule has 1 heterocycles. The third-order valence-electron chi connectivity index (χ3n) is 5.86. The zero-order valence-corrected chi connectivity index (χ0v) is 15.0. The van der Waals surface area contributed by atoms with Gasteiger partial charge in [0.15, 0.2) is 0 Å². The van der Waals surface area contributed by atoms with Gasteiger partial charge in [-0.05, 0) is 82.9 Å². The van der Waals surface area contributed by atoms with E-state index in [1.54, 1.807) is 11.1 Å². The maximum atomic E-state index is 6.33. The largest absolute Gasteiger partial charge is 0.376 e. The molecule has 4 rings (SSSR count). The van der Waals surface area contributed by atoms with Crippen molar-refractivity contribution in [3.8, 4) is 0 Å². The summed E-state index contributed by atoms with van der Waals surface area (Å²) in [5.74, 6) is 0.798. The quantitative estimate of drug-likeness (QED) is 0.772. The highest BCUT2D eigenvalue weighted by Crippen LogP contribution is 2.50. The van der Waals surface area contributed by atoms with Crippen molar-refractivity contribution in [3.05, 3.63) is 35.4 Å². The maximum absolute atomic E-state index is 6.33. The fourth-order valence-corrected chi connectivity index (χ4v) is 4.53. The Hall–Kier alpha value is -0.860. The lowest BCUT2D eigenvalue weighted by atomic mass is 9.81. The van der Waals surface area contributed by atoms with Crippen LogP contribution >= 0.6 is 0 Å². The predicted octanol–water partition coefficient (Wildman–Crippen LogP) is 4.83. The highest BCUT2D eigenvalue weighted by atomic mass is 16.5. The van der Waals surface area contributed by atoms with E-state index in [1.165, 1.54) is 45.1 Å². The van der Waals surface area contributed by atoms with Crippen molar-refractivity contribution in [2.24, 2.45) is 0 Å². The molecule has 1 saturated heterocycles. The summed E-state index contributed by atoms with van der Waals surface area (Å²) in [5, 5.41) is 0. The molecule has 1 aromatic carbocycles. The molecule has 2 heteroatoms. The molecule has 1 unspecified atom stereocenters. The average molecular weight is 313 g/mol. The highest BCUT2D eigenvalue weighted by molar-refractivity contribution is 5.40. The van der Waals surface area contributed by atoms with Crippen LogP contribution in [0.15, 0.2) is 24.3 Å². The molecule has 3 aliphatic rings. The smallest absolute Gasteiger partial charge is 0.0704 e. The van der Waals surface area contributed by atoms with Crippen LogP contribution < -0.4 is 0 Å². The molecule has 126 valence electrons. The van der Waals surface area contributed by atoms with Gasteiger partial charge in [0.05, 0.1) is 18.2 Å².